The first-order chi connectivity index (χ1) is 12.0. The summed E-state index contributed by atoms with van der Waals surface area (Å²) in [5.74, 6) is 0.305. The molecule has 0 aliphatic carbocycles. The van der Waals surface area contributed by atoms with Gasteiger partial charge in [-0.2, -0.15) is 0 Å². The lowest BCUT2D eigenvalue weighted by Crippen LogP contribution is -2.30. The standard InChI is InChI=1S/C18H22N2O4S/c1-12(2)17-16(13(3)20-24-17)18(22)23-11-15(21)19-9-10-25-14-7-5-4-6-8-14/h4-8,12H,9-11H2,1-3H3,(H,19,21). The van der Waals surface area contributed by atoms with Crippen LogP contribution in [0.4, 0.5) is 0 Å². The number of carbonyl (C=O) groups excluding carboxylic acids is 2. The van der Waals surface area contributed by atoms with E-state index in [9.17, 15) is 9.59 Å². The number of rotatable bonds is 8. The molecular weight excluding hydrogens is 340 g/mol. The Kier molecular flexibility index (Phi) is 7.06. The van der Waals surface area contributed by atoms with Gasteiger partial charge in [-0.3, -0.25) is 4.79 Å². The fourth-order valence-corrected chi connectivity index (χ4v) is 2.95. The van der Waals surface area contributed by atoms with Gasteiger partial charge in [-0.1, -0.05) is 37.2 Å². The monoisotopic (exact) mass is 362 g/mol. The van der Waals surface area contributed by atoms with Gasteiger partial charge < -0.3 is 14.6 Å². The highest BCUT2D eigenvalue weighted by atomic mass is 32.2. The van der Waals surface area contributed by atoms with Gasteiger partial charge in [0.05, 0.1) is 5.69 Å². The van der Waals surface area contributed by atoms with E-state index in [0.29, 0.717) is 23.6 Å². The van der Waals surface area contributed by atoms with Crippen LogP contribution in [-0.4, -0.2) is 35.9 Å². The minimum atomic E-state index is -0.587. The molecule has 0 atom stereocenters. The fraction of sp³-hybridized carbons (Fsp3) is 0.389. The SMILES string of the molecule is Cc1noc(C(C)C)c1C(=O)OCC(=O)NCCSc1ccccc1. The molecule has 2 rings (SSSR count). The number of thioether (sulfide) groups is 1. The Morgan fingerprint density at radius 2 is 2.00 bits per heavy atom. The quantitative estimate of drug-likeness (QED) is 0.441. The third kappa shape index (κ3) is 5.63. The minimum Gasteiger partial charge on any atom is -0.452 e. The van der Waals surface area contributed by atoms with E-state index in [1.807, 2.05) is 44.2 Å². The highest BCUT2D eigenvalue weighted by molar-refractivity contribution is 7.99. The first kappa shape index (κ1) is 19.1. The number of hydrogen-bond acceptors (Lipinski definition) is 6. The zero-order valence-electron chi connectivity index (χ0n) is 14.6. The van der Waals surface area contributed by atoms with Crippen LogP contribution in [0.5, 0.6) is 0 Å². The van der Waals surface area contributed by atoms with Gasteiger partial charge in [0, 0.05) is 23.1 Å². The lowest BCUT2D eigenvalue weighted by molar-refractivity contribution is -0.124. The van der Waals surface area contributed by atoms with Crippen molar-refractivity contribution in [2.45, 2.75) is 31.6 Å². The number of esters is 1. The molecule has 7 heteroatoms. The van der Waals surface area contributed by atoms with Gasteiger partial charge in [0.2, 0.25) is 0 Å². The Morgan fingerprint density at radius 3 is 2.68 bits per heavy atom. The van der Waals surface area contributed by atoms with Gasteiger partial charge >= 0.3 is 5.97 Å². The average Bonchev–Trinajstić information content (AvgIpc) is 2.99. The van der Waals surface area contributed by atoms with E-state index >= 15 is 0 Å². The molecule has 2 aromatic rings. The van der Waals surface area contributed by atoms with Crippen molar-refractivity contribution in [2.75, 3.05) is 18.9 Å². The summed E-state index contributed by atoms with van der Waals surface area (Å²) in [4.78, 5) is 25.1. The van der Waals surface area contributed by atoms with Gasteiger partial charge in [-0.25, -0.2) is 4.79 Å². The van der Waals surface area contributed by atoms with Crippen molar-refractivity contribution in [3.8, 4) is 0 Å². The zero-order chi connectivity index (χ0) is 18.2. The molecule has 0 bridgehead atoms. The Bertz CT molecular complexity index is 713. The van der Waals surface area contributed by atoms with Crippen LogP contribution in [0.1, 0.15) is 41.6 Å². The minimum absolute atomic E-state index is 0.00703. The van der Waals surface area contributed by atoms with Crippen molar-refractivity contribution in [3.63, 3.8) is 0 Å². The predicted molar refractivity (Wildman–Crippen MR) is 95.8 cm³/mol. The number of carbonyl (C=O) groups is 2. The number of benzene rings is 1. The Labute approximate surface area is 151 Å². The van der Waals surface area contributed by atoms with Crippen LogP contribution in [-0.2, 0) is 9.53 Å². The molecule has 0 saturated carbocycles. The van der Waals surface area contributed by atoms with Gasteiger partial charge in [0.25, 0.3) is 5.91 Å². The van der Waals surface area contributed by atoms with E-state index in [4.69, 9.17) is 9.26 Å². The predicted octanol–water partition coefficient (Wildman–Crippen LogP) is 3.17. The van der Waals surface area contributed by atoms with Crippen LogP contribution < -0.4 is 5.32 Å². The summed E-state index contributed by atoms with van der Waals surface area (Å²) in [6.07, 6.45) is 0. The molecule has 0 spiro atoms. The number of nitrogens with zero attached hydrogens (tertiary/aromatic N) is 1. The van der Waals surface area contributed by atoms with Crippen LogP contribution in [0.25, 0.3) is 0 Å². The first-order valence-corrected chi connectivity index (χ1v) is 9.05. The highest BCUT2D eigenvalue weighted by Crippen LogP contribution is 2.22. The first-order valence-electron chi connectivity index (χ1n) is 8.07. The molecule has 134 valence electrons. The van der Waals surface area contributed by atoms with Gasteiger partial charge in [0.15, 0.2) is 12.4 Å². The average molecular weight is 362 g/mol. The third-order valence-corrected chi connectivity index (χ3v) is 4.40. The summed E-state index contributed by atoms with van der Waals surface area (Å²) in [5.41, 5.74) is 0.774. The topological polar surface area (TPSA) is 81.4 Å². The number of hydrogen-bond donors (Lipinski definition) is 1. The fourth-order valence-electron chi connectivity index (χ4n) is 2.16. The second-order valence-electron chi connectivity index (χ2n) is 5.75. The van der Waals surface area contributed by atoms with Crippen molar-refractivity contribution in [1.82, 2.24) is 10.5 Å². The van der Waals surface area contributed by atoms with Crippen molar-refractivity contribution < 1.29 is 18.8 Å². The van der Waals surface area contributed by atoms with Crippen LogP contribution in [0, 0.1) is 6.92 Å². The maximum absolute atomic E-state index is 12.2. The summed E-state index contributed by atoms with van der Waals surface area (Å²) in [5, 5.41) is 6.53. The number of aryl methyl sites for hydroxylation is 1. The number of ether oxygens (including phenoxy) is 1. The Morgan fingerprint density at radius 1 is 1.28 bits per heavy atom. The third-order valence-electron chi connectivity index (χ3n) is 3.39. The van der Waals surface area contributed by atoms with Crippen LogP contribution in [0.15, 0.2) is 39.8 Å². The molecule has 6 nitrogen and oxygen atoms in total. The Hall–Kier alpha value is -2.28. The summed E-state index contributed by atoms with van der Waals surface area (Å²) < 4.78 is 10.2. The van der Waals surface area contributed by atoms with E-state index < -0.39 is 5.97 Å². The molecule has 1 aromatic heterocycles. The molecule has 0 fully saturated rings. The van der Waals surface area contributed by atoms with Crippen molar-refractivity contribution in [3.05, 3.63) is 47.3 Å². The Balaban J connectivity index is 1.73. The summed E-state index contributed by atoms with van der Waals surface area (Å²) in [7, 11) is 0. The molecule has 25 heavy (non-hydrogen) atoms. The largest absolute Gasteiger partial charge is 0.452 e. The molecule has 1 aromatic carbocycles. The molecule has 0 unspecified atom stereocenters. The van der Waals surface area contributed by atoms with Gasteiger partial charge in [-0.05, 0) is 19.1 Å². The molecule has 0 aliphatic heterocycles. The van der Waals surface area contributed by atoms with E-state index in [1.165, 1.54) is 0 Å². The molecule has 0 saturated heterocycles. The molecule has 1 amide bonds. The van der Waals surface area contributed by atoms with Gasteiger partial charge in [-0.15, -0.1) is 11.8 Å². The van der Waals surface area contributed by atoms with Crippen molar-refractivity contribution >= 4 is 23.6 Å². The lowest BCUT2D eigenvalue weighted by atomic mass is 10.1. The smallest absolute Gasteiger partial charge is 0.344 e. The lowest BCUT2D eigenvalue weighted by Gasteiger charge is -2.07. The number of nitrogens with one attached hydrogen (secondary N) is 1. The summed E-state index contributed by atoms with van der Waals surface area (Å²) >= 11 is 1.65. The molecular formula is C18H22N2O4S. The van der Waals surface area contributed by atoms with E-state index in [0.717, 1.165) is 10.6 Å². The summed E-state index contributed by atoms with van der Waals surface area (Å²) in [6, 6.07) is 9.93. The number of amides is 1. The number of aromatic nitrogens is 1. The maximum Gasteiger partial charge on any atom is 0.344 e. The summed E-state index contributed by atoms with van der Waals surface area (Å²) in [6.45, 7) is 5.64. The van der Waals surface area contributed by atoms with E-state index in [2.05, 4.69) is 10.5 Å². The van der Waals surface area contributed by atoms with Gasteiger partial charge in [0.1, 0.15) is 5.56 Å². The normalized spacial score (nSPS) is 10.7. The molecule has 0 radical (unpaired) electrons. The van der Waals surface area contributed by atoms with Crippen LogP contribution in [0.2, 0.25) is 0 Å². The zero-order valence-corrected chi connectivity index (χ0v) is 15.4. The maximum atomic E-state index is 12.2. The molecule has 1 N–H and O–H groups in total. The van der Waals surface area contributed by atoms with Crippen LogP contribution in [0.3, 0.4) is 0 Å². The van der Waals surface area contributed by atoms with Crippen LogP contribution >= 0.6 is 11.8 Å². The van der Waals surface area contributed by atoms with E-state index in [-0.39, 0.29) is 18.4 Å². The second kappa shape index (κ2) is 9.27. The molecule has 0 aliphatic rings. The van der Waals surface area contributed by atoms with Crippen molar-refractivity contribution in [1.29, 1.82) is 0 Å². The van der Waals surface area contributed by atoms with Crippen molar-refractivity contribution in [2.24, 2.45) is 0 Å². The van der Waals surface area contributed by atoms with E-state index in [1.54, 1.807) is 18.7 Å². The second-order valence-corrected chi connectivity index (χ2v) is 6.92. The highest BCUT2D eigenvalue weighted by Gasteiger charge is 2.24. The molecule has 1 heterocycles.